The average Bonchev–Trinajstić information content (AvgIpc) is 2.25. The molecule has 1 saturated heterocycles. The van der Waals surface area contributed by atoms with Crippen molar-refractivity contribution in [1.29, 1.82) is 0 Å². The predicted octanol–water partition coefficient (Wildman–Crippen LogP) is 1.74. The van der Waals surface area contributed by atoms with Gasteiger partial charge in [-0.15, -0.1) is 0 Å². The molecule has 0 saturated carbocycles. The Morgan fingerprint density at radius 2 is 2.13 bits per heavy atom. The molecule has 0 unspecified atom stereocenters. The molecule has 0 spiro atoms. The van der Waals surface area contributed by atoms with Gasteiger partial charge in [0.15, 0.2) is 0 Å². The molecule has 1 rings (SSSR count). The summed E-state index contributed by atoms with van der Waals surface area (Å²) in [6.07, 6.45) is 2.41. The van der Waals surface area contributed by atoms with E-state index >= 15 is 0 Å². The molecule has 0 aromatic heterocycles. The van der Waals surface area contributed by atoms with Crippen LogP contribution in [0.2, 0.25) is 0 Å². The van der Waals surface area contributed by atoms with E-state index in [9.17, 15) is 0 Å². The van der Waals surface area contributed by atoms with Crippen molar-refractivity contribution >= 4 is 0 Å². The Hall–Kier alpha value is -0.380. The number of rotatable bonds is 6. The number of nitrogens with one attached hydrogen (secondary N) is 1. The predicted molar refractivity (Wildman–Crippen MR) is 62.1 cm³/mol. The average molecular weight is 213 g/mol. The first kappa shape index (κ1) is 12.7. The highest BCUT2D eigenvalue weighted by atomic mass is 16.5. The van der Waals surface area contributed by atoms with Crippen molar-refractivity contribution in [1.82, 2.24) is 5.32 Å². The van der Waals surface area contributed by atoms with Gasteiger partial charge in [-0.25, -0.2) is 0 Å². The highest BCUT2D eigenvalue weighted by Gasteiger charge is 2.13. The molecule has 88 valence electrons. The standard InChI is InChI=1S/C12H23NO2/c1-10(2)13-8-11(3)9-15-12-4-6-14-7-5-12/h10,12-13H,3-9H2,1-2H3. The van der Waals surface area contributed by atoms with Gasteiger partial charge >= 0.3 is 0 Å². The lowest BCUT2D eigenvalue weighted by Crippen LogP contribution is -2.28. The van der Waals surface area contributed by atoms with Crippen LogP contribution in [0.4, 0.5) is 0 Å². The van der Waals surface area contributed by atoms with Gasteiger partial charge in [-0.3, -0.25) is 0 Å². The largest absolute Gasteiger partial charge is 0.381 e. The van der Waals surface area contributed by atoms with Gasteiger partial charge in [0.25, 0.3) is 0 Å². The van der Waals surface area contributed by atoms with E-state index in [4.69, 9.17) is 9.47 Å². The lowest BCUT2D eigenvalue weighted by molar-refractivity contribution is -0.0244. The summed E-state index contributed by atoms with van der Waals surface area (Å²) in [4.78, 5) is 0. The van der Waals surface area contributed by atoms with E-state index in [-0.39, 0.29) is 0 Å². The number of hydrogen-bond donors (Lipinski definition) is 1. The minimum Gasteiger partial charge on any atom is -0.381 e. The van der Waals surface area contributed by atoms with Gasteiger partial charge in [-0.2, -0.15) is 0 Å². The zero-order valence-electron chi connectivity index (χ0n) is 9.92. The normalized spacial score (nSPS) is 18.3. The summed E-state index contributed by atoms with van der Waals surface area (Å²) in [5.41, 5.74) is 1.12. The Balaban J connectivity index is 2.05. The molecule has 1 heterocycles. The fourth-order valence-corrected chi connectivity index (χ4v) is 1.48. The van der Waals surface area contributed by atoms with Crippen LogP contribution in [0, 0.1) is 0 Å². The maximum absolute atomic E-state index is 5.76. The van der Waals surface area contributed by atoms with Gasteiger partial charge in [0, 0.05) is 25.8 Å². The third-order valence-electron chi connectivity index (χ3n) is 2.45. The molecule has 0 atom stereocenters. The molecule has 15 heavy (non-hydrogen) atoms. The second kappa shape index (κ2) is 6.99. The molecule has 0 aromatic rings. The molecule has 1 N–H and O–H groups in total. The van der Waals surface area contributed by atoms with E-state index < -0.39 is 0 Å². The van der Waals surface area contributed by atoms with Crippen LogP contribution < -0.4 is 5.32 Å². The smallest absolute Gasteiger partial charge is 0.0690 e. The molecule has 3 nitrogen and oxygen atoms in total. The van der Waals surface area contributed by atoms with Crippen LogP contribution in [0.3, 0.4) is 0 Å². The maximum Gasteiger partial charge on any atom is 0.0690 e. The van der Waals surface area contributed by atoms with Crippen LogP contribution in [0.1, 0.15) is 26.7 Å². The Labute approximate surface area is 92.8 Å². The van der Waals surface area contributed by atoms with Crippen LogP contribution in [-0.4, -0.2) is 38.5 Å². The summed E-state index contributed by atoms with van der Waals surface area (Å²) in [5.74, 6) is 0. The van der Waals surface area contributed by atoms with Crippen molar-refractivity contribution in [2.24, 2.45) is 0 Å². The Bertz CT molecular complexity index is 186. The van der Waals surface area contributed by atoms with E-state index in [1.807, 2.05) is 0 Å². The molecule has 3 heteroatoms. The molecular formula is C12H23NO2. The molecule has 1 aliphatic rings. The van der Waals surface area contributed by atoms with Crippen molar-refractivity contribution in [2.75, 3.05) is 26.4 Å². The van der Waals surface area contributed by atoms with E-state index in [0.29, 0.717) is 18.8 Å². The zero-order chi connectivity index (χ0) is 11.1. The molecule has 0 aromatic carbocycles. The quantitative estimate of drug-likeness (QED) is 0.682. The fourth-order valence-electron chi connectivity index (χ4n) is 1.48. The lowest BCUT2D eigenvalue weighted by atomic mass is 10.1. The molecule has 0 aliphatic carbocycles. The van der Waals surface area contributed by atoms with Gasteiger partial charge in [0.1, 0.15) is 0 Å². The topological polar surface area (TPSA) is 30.5 Å². The van der Waals surface area contributed by atoms with E-state index in [1.165, 1.54) is 0 Å². The number of hydrogen-bond acceptors (Lipinski definition) is 3. The zero-order valence-corrected chi connectivity index (χ0v) is 9.92. The minimum absolute atomic E-state index is 0.370. The van der Waals surface area contributed by atoms with Crippen molar-refractivity contribution < 1.29 is 9.47 Å². The first-order chi connectivity index (χ1) is 7.18. The van der Waals surface area contributed by atoms with Crippen molar-refractivity contribution in [3.63, 3.8) is 0 Å². The van der Waals surface area contributed by atoms with Crippen LogP contribution in [0.15, 0.2) is 12.2 Å². The summed E-state index contributed by atoms with van der Waals surface area (Å²) in [5, 5.41) is 3.33. The summed E-state index contributed by atoms with van der Waals surface area (Å²) < 4.78 is 11.0. The van der Waals surface area contributed by atoms with Gasteiger partial charge in [0.05, 0.1) is 12.7 Å². The Kier molecular flexibility index (Phi) is 5.91. The molecule has 1 fully saturated rings. The van der Waals surface area contributed by atoms with Gasteiger partial charge in [-0.05, 0) is 18.4 Å². The van der Waals surface area contributed by atoms with E-state index in [2.05, 4.69) is 25.7 Å². The van der Waals surface area contributed by atoms with Gasteiger partial charge < -0.3 is 14.8 Å². The third-order valence-corrected chi connectivity index (χ3v) is 2.45. The minimum atomic E-state index is 0.370. The summed E-state index contributed by atoms with van der Waals surface area (Å²) in [6.45, 7) is 11.4. The summed E-state index contributed by atoms with van der Waals surface area (Å²) >= 11 is 0. The van der Waals surface area contributed by atoms with E-state index in [0.717, 1.165) is 38.2 Å². The number of ether oxygens (including phenoxy) is 2. The van der Waals surface area contributed by atoms with Crippen molar-refractivity contribution in [3.8, 4) is 0 Å². The second-order valence-electron chi connectivity index (χ2n) is 4.41. The highest BCUT2D eigenvalue weighted by Crippen LogP contribution is 2.11. The van der Waals surface area contributed by atoms with Crippen LogP contribution in [0.5, 0.6) is 0 Å². The van der Waals surface area contributed by atoms with Crippen molar-refractivity contribution in [2.45, 2.75) is 38.8 Å². The summed E-state index contributed by atoms with van der Waals surface area (Å²) in [7, 11) is 0. The fraction of sp³-hybridized carbons (Fsp3) is 0.833. The summed E-state index contributed by atoms with van der Waals surface area (Å²) in [6, 6.07) is 0.504. The van der Waals surface area contributed by atoms with Gasteiger partial charge in [-0.1, -0.05) is 20.4 Å². The maximum atomic E-state index is 5.76. The molecule has 1 aliphatic heterocycles. The Morgan fingerprint density at radius 1 is 1.47 bits per heavy atom. The lowest BCUT2D eigenvalue weighted by Gasteiger charge is -2.23. The highest BCUT2D eigenvalue weighted by molar-refractivity contribution is 4.97. The van der Waals surface area contributed by atoms with Crippen LogP contribution in [-0.2, 0) is 9.47 Å². The molecule has 0 bridgehead atoms. The second-order valence-corrected chi connectivity index (χ2v) is 4.41. The molecular weight excluding hydrogens is 190 g/mol. The monoisotopic (exact) mass is 213 g/mol. The van der Waals surface area contributed by atoms with Crippen LogP contribution >= 0.6 is 0 Å². The van der Waals surface area contributed by atoms with Gasteiger partial charge in [0.2, 0.25) is 0 Å². The van der Waals surface area contributed by atoms with Crippen LogP contribution in [0.25, 0.3) is 0 Å². The molecule has 0 amide bonds. The SMILES string of the molecule is C=C(CNC(C)C)COC1CCOCC1. The first-order valence-electron chi connectivity index (χ1n) is 5.78. The Morgan fingerprint density at radius 3 is 2.73 bits per heavy atom. The third kappa shape index (κ3) is 5.92. The first-order valence-corrected chi connectivity index (χ1v) is 5.78. The van der Waals surface area contributed by atoms with E-state index in [1.54, 1.807) is 0 Å². The van der Waals surface area contributed by atoms with Crippen molar-refractivity contribution in [3.05, 3.63) is 12.2 Å². The molecule has 0 radical (unpaired) electrons.